The van der Waals surface area contributed by atoms with Crippen molar-refractivity contribution in [3.8, 4) is 0 Å². The fourth-order valence-corrected chi connectivity index (χ4v) is 2.98. The third-order valence-electron chi connectivity index (χ3n) is 4.71. The highest BCUT2D eigenvalue weighted by Gasteiger charge is 2.26. The van der Waals surface area contributed by atoms with E-state index < -0.39 is 6.04 Å². The van der Waals surface area contributed by atoms with Gasteiger partial charge in [-0.25, -0.2) is 4.39 Å². The molecule has 0 aliphatic heterocycles. The van der Waals surface area contributed by atoms with Gasteiger partial charge in [-0.2, -0.15) is 0 Å². The zero-order chi connectivity index (χ0) is 20.4. The number of carbonyl (C=O) groups excluding carboxylic acids is 2. The van der Waals surface area contributed by atoms with Crippen molar-refractivity contribution in [3.63, 3.8) is 0 Å². The van der Waals surface area contributed by atoms with Gasteiger partial charge < -0.3 is 10.2 Å². The number of hydrogen-bond acceptors (Lipinski definition) is 2. The highest BCUT2D eigenvalue weighted by Crippen LogP contribution is 2.13. The second-order valence-electron chi connectivity index (χ2n) is 6.98. The Morgan fingerprint density at radius 3 is 2.32 bits per heavy atom. The van der Waals surface area contributed by atoms with Gasteiger partial charge in [0.05, 0.1) is 6.42 Å². The van der Waals surface area contributed by atoms with Crippen molar-refractivity contribution in [1.82, 2.24) is 10.2 Å². The maximum atomic E-state index is 13.2. The molecule has 0 saturated carbocycles. The predicted octanol–water partition coefficient (Wildman–Crippen LogP) is 4.09. The minimum Gasteiger partial charge on any atom is -0.354 e. The molecule has 2 aromatic rings. The molecule has 0 heterocycles. The molecule has 0 saturated heterocycles. The first-order chi connectivity index (χ1) is 13.5. The molecule has 2 amide bonds. The number of rotatable bonds is 10. The van der Waals surface area contributed by atoms with Crippen molar-refractivity contribution in [2.45, 2.75) is 52.1 Å². The van der Waals surface area contributed by atoms with Crippen molar-refractivity contribution in [2.75, 3.05) is 6.54 Å². The molecule has 0 radical (unpaired) electrons. The average molecular weight is 384 g/mol. The van der Waals surface area contributed by atoms with Gasteiger partial charge in [-0.15, -0.1) is 0 Å². The Morgan fingerprint density at radius 2 is 1.68 bits per heavy atom. The summed E-state index contributed by atoms with van der Waals surface area (Å²) < 4.78 is 13.2. The Kier molecular flexibility index (Phi) is 8.66. The van der Waals surface area contributed by atoms with Gasteiger partial charge in [0.1, 0.15) is 11.9 Å². The Morgan fingerprint density at radius 1 is 1.00 bits per heavy atom. The largest absolute Gasteiger partial charge is 0.354 e. The van der Waals surface area contributed by atoms with Crippen LogP contribution in [0.5, 0.6) is 0 Å². The van der Waals surface area contributed by atoms with E-state index in [0.717, 1.165) is 30.4 Å². The molecule has 28 heavy (non-hydrogen) atoms. The molecule has 2 rings (SSSR count). The van der Waals surface area contributed by atoms with E-state index in [-0.39, 0.29) is 30.6 Å². The summed E-state index contributed by atoms with van der Waals surface area (Å²) in [5, 5.41) is 2.92. The molecule has 4 nitrogen and oxygen atoms in total. The SMILES string of the molecule is CCCCCNC(=O)C(C)N(Cc1ccc(F)cc1)C(=O)Cc1ccccc1. The van der Waals surface area contributed by atoms with Crippen LogP contribution in [0.25, 0.3) is 0 Å². The molecule has 0 bridgehead atoms. The van der Waals surface area contributed by atoms with Crippen molar-refractivity contribution in [2.24, 2.45) is 0 Å². The van der Waals surface area contributed by atoms with Crippen LogP contribution in [0.15, 0.2) is 54.6 Å². The zero-order valence-corrected chi connectivity index (χ0v) is 16.7. The van der Waals surface area contributed by atoms with Crippen LogP contribution in [-0.2, 0) is 22.6 Å². The van der Waals surface area contributed by atoms with Gasteiger partial charge in [0, 0.05) is 13.1 Å². The van der Waals surface area contributed by atoms with Crippen LogP contribution in [0.4, 0.5) is 4.39 Å². The lowest BCUT2D eigenvalue weighted by molar-refractivity contribution is -0.140. The monoisotopic (exact) mass is 384 g/mol. The molecule has 1 atom stereocenters. The molecule has 0 aromatic heterocycles. The van der Waals surface area contributed by atoms with E-state index in [0.29, 0.717) is 6.54 Å². The Labute approximate surface area is 166 Å². The van der Waals surface area contributed by atoms with E-state index in [4.69, 9.17) is 0 Å². The Balaban J connectivity index is 2.10. The fraction of sp³-hybridized carbons (Fsp3) is 0.391. The summed E-state index contributed by atoms with van der Waals surface area (Å²) in [7, 11) is 0. The van der Waals surface area contributed by atoms with Crippen LogP contribution in [-0.4, -0.2) is 29.3 Å². The standard InChI is InChI=1S/C23H29FN2O2/c1-3-4-8-15-25-23(28)18(2)26(17-20-11-13-21(24)14-12-20)22(27)16-19-9-6-5-7-10-19/h5-7,9-14,18H,3-4,8,15-17H2,1-2H3,(H,25,28). The first-order valence-electron chi connectivity index (χ1n) is 9.86. The number of halogens is 1. The number of nitrogens with zero attached hydrogens (tertiary/aromatic N) is 1. The summed E-state index contributed by atoms with van der Waals surface area (Å²) in [4.78, 5) is 27.1. The van der Waals surface area contributed by atoms with Gasteiger partial charge in [0.15, 0.2) is 0 Å². The zero-order valence-electron chi connectivity index (χ0n) is 16.7. The fourth-order valence-electron chi connectivity index (χ4n) is 2.98. The summed E-state index contributed by atoms with van der Waals surface area (Å²) in [5.74, 6) is -0.626. The van der Waals surface area contributed by atoms with Gasteiger partial charge in [-0.05, 0) is 36.6 Å². The van der Waals surface area contributed by atoms with Crippen molar-refractivity contribution in [3.05, 3.63) is 71.5 Å². The van der Waals surface area contributed by atoms with E-state index in [2.05, 4.69) is 12.2 Å². The maximum Gasteiger partial charge on any atom is 0.242 e. The predicted molar refractivity (Wildman–Crippen MR) is 109 cm³/mol. The Bertz CT molecular complexity index is 747. The van der Waals surface area contributed by atoms with E-state index >= 15 is 0 Å². The van der Waals surface area contributed by atoms with Gasteiger partial charge in [0.2, 0.25) is 11.8 Å². The molecule has 5 heteroatoms. The molecular formula is C23H29FN2O2. The molecule has 0 aliphatic rings. The molecule has 1 unspecified atom stereocenters. The normalized spacial score (nSPS) is 11.7. The van der Waals surface area contributed by atoms with E-state index in [9.17, 15) is 14.0 Å². The second kappa shape index (κ2) is 11.2. The highest BCUT2D eigenvalue weighted by atomic mass is 19.1. The first kappa shape index (κ1) is 21.6. The summed E-state index contributed by atoms with van der Waals surface area (Å²) >= 11 is 0. The van der Waals surface area contributed by atoms with Crippen molar-refractivity contribution >= 4 is 11.8 Å². The summed E-state index contributed by atoms with van der Waals surface area (Å²) in [6.07, 6.45) is 3.28. The quantitative estimate of drug-likeness (QED) is 0.627. The number of amides is 2. The number of unbranched alkanes of at least 4 members (excludes halogenated alkanes) is 2. The number of carbonyl (C=O) groups is 2. The smallest absolute Gasteiger partial charge is 0.242 e. The van der Waals surface area contributed by atoms with Crippen LogP contribution < -0.4 is 5.32 Å². The maximum absolute atomic E-state index is 13.2. The van der Waals surface area contributed by atoms with Gasteiger partial charge >= 0.3 is 0 Å². The Hall–Kier alpha value is -2.69. The topological polar surface area (TPSA) is 49.4 Å². The van der Waals surface area contributed by atoms with Crippen LogP contribution in [0, 0.1) is 5.82 Å². The number of nitrogens with one attached hydrogen (secondary N) is 1. The molecule has 0 fully saturated rings. The van der Waals surface area contributed by atoms with Crippen LogP contribution in [0.2, 0.25) is 0 Å². The lowest BCUT2D eigenvalue weighted by Crippen LogP contribution is -2.48. The first-order valence-corrected chi connectivity index (χ1v) is 9.86. The molecular weight excluding hydrogens is 355 g/mol. The summed E-state index contributed by atoms with van der Waals surface area (Å²) in [5.41, 5.74) is 1.68. The molecule has 2 aromatic carbocycles. The third-order valence-corrected chi connectivity index (χ3v) is 4.71. The van der Waals surface area contributed by atoms with Crippen LogP contribution in [0.3, 0.4) is 0 Å². The molecule has 0 spiro atoms. The van der Waals surface area contributed by atoms with Gasteiger partial charge in [-0.1, -0.05) is 62.2 Å². The highest BCUT2D eigenvalue weighted by molar-refractivity contribution is 5.88. The average Bonchev–Trinajstić information content (AvgIpc) is 2.70. The van der Waals surface area contributed by atoms with E-state index in [1.54, 1.807) is 24.0 Å². The minimum absolute atomic E-state index is 0.133. The summed E-state index contributed by atoms with van der Waals surface area (Å²) in [6.45, 7) is 4.71. The lowest BCUT2D eigenvalue weighted by Gasteiger charge is -2.29. The van der Waals surface area contributed by atoms with E-state index in [1.807, 2.05) is 30.3 Å². The molecule has 0 aliphatic carbocycles. The molecule has 150 valence electrons. The van der Waals surface area contributed by atoms with E-state index in [1.165, 1.54) is 12.1 Å². The number of hydrogen-bond donors (Lipinski definition) is 1. The van der Waals surface area contributed by atoms with Crippen molar-refractivity contribution < 1.29 is 14.0 Å². The van der Waals surface area contributed by atoms with Gasteiger partial charge in [-0.3, -0.25) is 9.59 Å². The summed E-state index contributed by atoms with van der Waals surface area (Å²) in [6, 6.07) is 14.9. The number of benzene rings is 2. The third kappa shape index (κ3) is 6.80. The van der Waals surface area contributed by atoms with Crippen LogP contribution >= 0.6 is 0 Å². The van der Waals surface area contributed by atoms with Crippen molar-refractivity contribution in [1.29, 1.82) is 0 Å². The van der Waals surface area contributed by atoms with Crippen LogP contribution in [0.1, 0.15) is 44.2 Å². The molecule has 1 N–H and O–H groups in total. The minimum atomic E-state index is -0.608. The van der Waals surface area contributed by atoms with Gasteiger partial charge in [0.25, 0.3) is 0 Å². The lowest BCUT2D eigenvalue weighted by atomic mass is 10.1. The second-order valence-corrected chi connectivity index (χ2v) is 6.98.